The second kappa shape index (κ2) is 5.37. The van der Waals surface area contributed by atoms with Crippen molar-refractivity contribution in [3.63, 3.8) is 0 Å². The predicted octanol–water partition coefficient (Wildman–Crippen LogP) is 0.294. The van der Waals surface area contributed by atoms with E-state index < -0.39 is 21.7 Å². The molecule has 2 rings (SSSR count). The average Bonchev–Trinajstić information content (AvgIpc) is 2.37. The zero-order valence-corrected chi connectivity index (χ0v) is 11.6. The van der Waals surface area contributed by atoms with E-state index in [0.717, 1.165) is 12.1 Å². The third-order valence-electron chi connectivity index (χ3n) is 3.39. The fraction of sp³-hybridized carbons (Fsp3) is 0.417. The van der Waals surface area contributed by atoms with E-state index in [4.69, 9.17) is 11.5 Å². The summed E-state index contributed by atoms with van der Waals surface area (Å²) in [6.45, 7) is 0.374. The molecule has 20 heavy (non-hydrogen) atoms. The smallest absolute Gasteiger partial charge is 0.243 e. The third kappa shape index (κ3) is 2.91. The molecule has 0 spiro atoms. The van der Waals surface area contributed by atoms with Crippen LogP contribution in [0.15, 0.2) is 23.1 Å². The topological polar surface area (TPSA) is 106 Å². The van der Waals surface area contributed by atoms with Crippen molar-refractivity contribution in [3.05, 3.63) is 24.0 Å². The Labute approximate surface area is 116 Å². The number of hydrogen-bond acceptors (Lipinski definition) is 4. The number of sulfonamides is 1. The average molecular weight is 301 g/mol. The number of nitrogens with zero attached hydrogens (tertiary/aromatic N) is 1. The van der Waals surface area contributed by atoms with Crippen molar-refractivity contribution < 1.29 is 17.6 Å². The maximum atomic E-state index is 13.3. The summed E-state index contributed by atoms with van der Waals surface area (Å²) < 4.78 is 39.2. The first kappa shape index (κ1) is 14.7. The van der Waals surface area contributed by atoms with Crippen LogP contribution in [-0.2, 0) is 14.8 Å². The molecule has 6 nitrogen and oxygen atoms in total. The molecule has 1 heterocycles. The summed E-state index contributed by atoms with van der Waals surface area (Å²) in [7, 11) is -3.79. The van der Waals surface area contributed by atoms with Gasteiger partial charge >= 0.3 is 0 Å². The summed E-state index contributed by atoms with van der Waals surface area (Å²) in [5, 5.41) is 0. The fourth-order valence-corrected chi connectivity index (χ4v) is 3.80. The number of primary amides is 1. The van der Waals surface area contributed by atoms with Gasteiger partial charge in [0, 0.05) is 24.7 Å². The number of hydrogen-bond donors (Lipinski definition) is 2. The molecular weight excluding hydrogens is 285 g/mol. The normalized spacial score (nSPS) is 18.1. The summed E-state index contributed by atoms with van der Waals surface area (Å²) in [4.78, 5) is 10.9. The molecule has 1 aliphatic rings. The lowest BCUT2D eigenvalue weighted by molar-refractivity contribution is -0.122. The van der Waals surface area contributed by atoms with Crippen LogP contribution in [0, 0.1) is 11.7 Å². The molecule has 1 saturated heterocycles. The molecule has 0 saturated carbocycles. The van der Waals surface area contributed by atoms with Crippen LogP contribution < -0.4 is 11.5 Å². The van der Waals surface area contributed by atoms with Gasteiger partial charge in [-0.05, 0) is 31.0 Å². The van der Waals surface area contributed by atoms with Gasteiger partial charge in [-0.1, -0.05) is 0 Å². The number of halogens is 1. The van der Waals surface area contributed by atoms with Crippen LogP contribution in [0.1, 0.15) is 12.8 Å². The number of carbonyl (C=O) groups is 1. The second-order valence-electron chi connectivity index (χ2n) is 4.80. The van der Waals surface area contributed by atoms with E-state index in [2.05, 4.69) is 0 Å². The van der Waals surface area contributed by atoms with E-state index in [1.54, 1.807) is 0 Å². The SMILES string of the molecule is NC(=O)C1CCN(S(=O)(=O)c2cc(N)cc(F)c2)CC1. The Morgan fingerprint density at radius 3 is 2.35 bits per heavy atom. The van der Waals surface area contributed by atoms with Gasteiger partial charge in [0.05, 0.1) is 4.90 Å². The first-order chi connectivity index (χ1) is 9.30. The van der Waals surface area contributed by atoms with Gasteiger partial charge in [0.25, 0.3) is 0 Å². The Morgan fingerprint density at radius 1 is 1.25 bits per heavy atom. The van der Waals surface area contributed by atoms with Crippen molar-refractivity contribution in [2.24, 2.45) is 11.7 Å². The molecule has 1 aliphatic heterocycles. The third-order valence-corrected chi connectivity index (χ3v) is 5.26. The van der Waals surface area contributed by atoms with Gasteiger partial charge in [-0.2, -0.15) is 4.31 Å². The highest BCUT2D eigenvalue weighted by Crippen LogP contribution is 2.25. The van der Waals surface area contributed by atoms with E-state index in [-0.39, 0.29) is 29.6 Å². The first-order valence-electron chi connectivity index (χ1n) is 6.16. The highest BCUT2D eigenvalue weighted by Gasteiger charge is 2.31. The standard InChI is InChI=1S/C12H16FN3O3S/c13-9-5-10(14)7-11(6-9)20(18,19)16-3-1-8(2-4-16)12(15)17/h5-8H,1-4,14H2,(H2,15,17). The van der Waals surface area contributed by atoms with Gasteiger partial charge in [0.1, 0.15) is 5.82 Å². The van der Waals surface area contributed by atoms with E-state index in [1.165, 1.54) is 10.4 Å². The molecule has 110 valence electrons. The van der Waals surface area contributed by atoms with Crippen LogP contribution >= 0.6 is 0 Å². The fourth-order valence-electron chi connectivity index (χ4n) is 2.26. The molecule has 1 amide bonds. The molecule has 4 N–H and O–H groups in total. The molecule has 0 radical (unpaired) electrons. The van der Waals surface area contributed by atoms with Gasteiger partial charge < -0.3 is 11.5 Å². The molecular formula is C12H16FN3O3S. The van der Waals surface area contributed by atoms with Crippen molar-refractivity contribution in [1.29, 1.82) is 0 Å². The lowest BCUT2D eigenvalue weighted by Gasteiger charge is -2.29. The van der Waals surface area contributed by atoms with Crippen molar-refractivity contribution in [2.75, 3.05) is 18.8 Å². The maximum Gasteiger partial charge on any atom is 0.243 e. The molecule has 1 aromatic rings. The summed E-state index contributed by atoms with van der Waals surface area (Å²) in [6, 6.07) is 3.21. The van der Waals surface area contributed by atoms with Crippen molar-refractivity contribution in [2.45, 2.75) is 17.7 Å². The van der Waals surface area contributed by atoms with Crippen LogP contribution in [-0.4, -0.2) is 31.7 Å². The lowest BCUT2D eigenvalue weighted by atomic mass is 9.98. The molecule has 0 aliphatic carbocycles. The predicted molar refractivity (Wildman–Crippen MR) is 71.5 cm³/mol. The molecule has 0 aromatic heterocycles. The zero-order valence-electron chi connectivity index (χ0n) is 10.8. The number of carbonyl (C=O) groups excluding carboxylic acids is 1. The van der Waals surface area contributed by atoms with Crippen LogP contribution in [0.5, 0.6) is 0 Å². The Bertz CT molecular complexity index is 605. The van der Waals surface area contributed by atoms with Gasteiger partial charge in [0.2, 0.25) is 15.9 Å². The van der Waals surface area contributed by atoms with E-state index >= 15 is 0 Å². The van der Waals surface area contributed by atoms with Crippen molar-refractivity contribution in [1.82, 2.24) is 4.31 Å². The van der Waals surface area contributed by atoms with Crippen LogP contribution in [0.25, 0.3) is 0 Å². The quantitative estimate of drug-likeness (QED) is 0.783. The molecule has 0 atom stereocenters. The summed E-state index contributed by atoms with van der Waals surface area (Å²) in [6.07, 6.45) is 0.749. The second-order valence-corrected chi connectivity index (χ2v) is 6.74. The first-order valence-corrected chi connectivity index (χ1v) is 7.60. The van der Waals surface area contributed by atoms with Gasteiger partial charge in [-0.3, -0.25) is 4.79 Å². The number of rotatable bonds is 3. The van der Waals surface area contributed by atoms with E-state index in [0.29, 0.717) is 12.8 Å². The minimum absolute atomic E-state index is 0.0515. The number of anilines is 1. The summed E-state index contributed by atoms with van der Waals surface area (Å²) in [5.41, 5.74) is 10.7. The summed E-state index contributed by atoms with van der Waals surface area (Å²) in [5.74, 6) is -1.42. The molecule has 0 unspecified atom stereocenters. The van der Waals surface area contributed by atoms with Gasteiger partial charge in [0.15, 0.2) is 0 Å². The highest BCUT2D eigenvalue weighted by atomic mass is 32.2. The summed E-state index contributed by atoms with van der Waals surface area (Å²) >= 11 is 0. The Kier molecular flexibility index (Phi) is 3.96. The molecule has 0 bridgehead atoms. The van der Waals surface area contributed by atoms with E-state index in [9.17, 15) is 17.6 Å². The monoisotopic (exact) mass is 301 g/mol. The minimum Gasteiger partial charge on any atom is -0.399 e. The van der Waals surface area contributed by atoms with Crippen LogP contribution in [0.4, 0.5) is 10.1 Å². The van der Waals surface area contributed by atoms with Gasteiger partial charge in [-0.25, -0.2) is 12.8 Å². The number of nitrogens with two attached hydrogens (primary N) is 2. The number of nitrogen functional groups attached to an aromatic ring is 1. The molecule has 1 fully saturated rings. The van der Waals surface area contributed by atoms with Crippen LogP contribution in [0.2, 0.25) is 0 Å². The minimum atomic E-state index is -3.79. The van der Waals surface area contributed by atoms with Crippen molar-refractivity contribution >= 4 is 21.6 Å². The van der Waals surface area contributed by atoms with Crippen molar-refractivity contribution in [3.8, 4) is 0 Å². The highest BCUT2D eigenvalue weighted by molar-refractivity contribution is 7.89. The molecule has 1 aromatic carbocycles. The maximum absolute atomic E-state index is 13.3. The lowest BCUT2D eigenvalue weighted by Crippen LogP contribution is -2.41. The molecule has 8 heteroatoms. The van der Waals surface area contributed by atoms with Gasteiger partial charge in [-0.15, -0.1) is 0 Å². The van der Waals surface area contributed by atoms with Crippen LogP contribution in [0.3, 0.4) is 0 Å². The number of amides is 1. The number of benzene rings is 1. The Morgan fingerprint density at radius 2 is 1.85 bits per heavy atom. The zero-order chi connectivity index (χ0) is 14.9. The number of piperidine rings is 1. The van der Waals surface area contributed by atoms with E-state index in [1.807, 2.05) is 0 Å². The Balaban J connectivity index is 2.21. The largest absolute Gasteiger partial charge is 0.399 e. The Hall–Kier alpha value is -1.67.